The SMILES string of the molecule is CCN(CC)S(=O)(=O)c1cccc(-c2nnc(SCC(=O)Nc3cccc(OC)c3)n2-c2cccc(OC)c2)c1. The summed E-state index contributed by atoms with van der Waals surface area (Å²) >= 11 is 1.21. The van der Waals surface area contributed by atoms with Crippen molar-refractivity contribution in [2.75, 3.05) is 38.4 Å². The number of nitrogens with zero attached hydrogens (tertiary/aromatic N) is 4. The van der Waals surface area contributed by atoms with E-state index in [2.05, 4.69) is 15.5 Å². The minimum Gasteiger partial charge on any atom is -0.497 e. The molecule has 0 atom stereocenters. The first-order valence-corrected chi connectivity index (χ1v) is 15.0. The summed E-state index contributed by atoms with van der Waals surface area (Å²) in [6, 6.07) is 21.1. The first-order valence-electron chi connectivity index (χ1n) is 12.6. The zero-order chi connectivity index (χ0) is 28.7. The van der Waals surface area contributed by atoms with Crippen molar-refractivity contribution >= 4 is 33.4 Å². The summed E-state index contributed by atoms with van der Waals surface area (Å²) in [6.45, 7) is 4.33. The monoisotopic (exact) mass is 581 g/mol. The van der Waals surface area contributed by atoms with Gasteiger partial charge in [-0.2, -0.15) is 4.31 Å². The van der Waals surface area contributed by atoms with E-state index in [-0.39, 0.29) is 16.6 Å². The van der Waals surface area contributed by atoms with Crippen molar-refractivity contribution in [2.45, 2.75) is 23.9 Å². The molecule has 0 unspecified atom stereocenters. The Bertz CT molecular complexity index is 1590. The average Bonchev–Trinajstić information content (AvgIpc) is 3.41. The minimum atomic E-state index is -3.68. The van der Waals surface area contributed by atoms with Crippen LogP contribution < -0.4 is 14.8 Å². The number of nitrogens with one attached hydrogen (secondary N) is 1. The van der Waals surface area contributed by atoms with E-state index in [1.54, 1.807) is 81.2 Å². The van der Waals surface area contributed by atoms with Gasteiger partial charge in [-0.15, -0.1) is 10.2 Å². The lowest BCUT2D eigenvalue weighted by Gasteiger charge is -2.19. The molecule has 40 heavy (non-hydrogen) atoms. The van der Waals surface area contributed by atoms with Gasteiger partial charge in [-0.3, -0.25) is 9.36 Å². The van der Waals surface area contributed by atoms with Crippen LogP contribution in [0.4, 0.5) is 5.69 Å². The van der Waals surface area contributed by atoms with Gasteiger partial charge in [0.15, 0.2) is 11.0 Å². The van der Waals surface area contributed by atoms with Gasteiger partial charge in [0.2, 0.25) is 15.9 Å². The van der Waals surface area contributed by atoms with Crippen molar-refractivity contribution in [1.29, 1.82) is 0 Å². The molecule has 1 N–H and O–H groups in total. The third-order valence-corrected chi connectivity index (χ3v) is 9.04. The summed E-state index contributed by atoms with van der Waals surface area (Å²) < 4.78 is 40.2. The summed E-state index contributed by atoms with van der Waals surface area (Å²) in [5.41, 5.74) is 1.88. The Labute approximate surface area is 238 Å². The third-order valence-electron chi connectivity index (χ3n) is 6.07. The highest BCUT2D eigenvalue weighted by molar-refractivity contribution is 7.99. The molecular formula is C28H31N5O5S2. The highest BCUT2D eigenvalue weighted by Crippen LogP contribution is 2.31. The number of rotatable bonds is 12. The second-order valence-corrected chi connectivity index (χ2v) is 11.4. The van der Waals surface area contributed by atoms with E-state index in [1.165, 1.54) is 16.1 Å². The first kappa shape index (κ1) is 29.1. The Morgan fingerprint density at radius 3 is 2.30 bits per heavy atom. The molecule has 0 bridgehead atoms. The number of thioether (sulfide) groups is 1. The number of aromatic nitrogens is 3. The summed E-state index contributed by atoms with van der Waals surface area (Å²) in [7, 11) is -0.541. The molecule has 10 nitrogen and oxygen atoms in total. The van der Waals surface area contributed by atoms with Crippen LogP contribution in [0.1, 0.15) is 13.8 Å². The molecule has 1 heterocycles. The Morgan fingerprint density at radius 2 is 1.60 bits per heavy atom. The molecule has 0 radical (unpaired) electrons. The van der Waals surface area contributed by atoms with Crippen molar-refractivity contribution in [2.24, 2.45) is 0 Å². The number of sulfonamides is 1. The lowest BCUT2D eigenvalue weighted by Crippen LogP contribution is -2.30. The fraction of sp³-hybridized carbons (Fsp3) is 0.250. The van der Waals surface area contributed by atoms with Crippen LogP contribution in [-0.2, 0) is 14.8 Å². The number of amides is 1. The number of carbonyl (C=O) groups is 1. The third kappa shape index (κ3) is 6.46. The first-order chi connectivity index (χ1) is 19.3. The maximum Gasteiger partial charge on any atom is 0.243 e. The van der Waals surface area contributed by atoms with Crippen molar-refractivity contribution in [3.63, 3.8) is 0 Å². The lowest BCUT2D eigenvalue weighted by atomic mass is 10.2. The number of methoxy groups -OCH3 is 2. The maximum atomic E-state index is 13.2. The Balaban J connectivity index is 1.69. The van der Waals surface area contributed by atoms with Crippen LogP contribution in [0.2, 0.25) is 0 Å². The molecule has 0 fully saturated rings. The van der Waals surface area contributed by atoms with Crippen molar-refractivity contribution in [3.8, 4) is 28.6 Å². The van der Waals surface area contributed by atoms with Gasteiger partial charge in [-0.1, -0.05) is 49.9 Å². The predicted molar refractivity (Wildman–Crippen MR) is 156 cm³/mol. The number of carbonyl (C=O) groups excluding carboxylic acids is 1. The topological polar surface area (TPSA) is 116 Å². The normalized spacial score (nSPS) is 11.4. The van der Waals surface area contributed by atoms with Gasteiger partial charge < -0.3 is 14.8 Å². The highest BCUT2D eigenvalue weighted by Gasteiger charge is 2.24. The fourth-order valence-corrected chi connectivity index (χ4v) is 6.33. The maximum absolute atomic E-state index is 13.2. The molecule has 1 amide bonds. The van der Waals surface area contributed by atoms with Crippen LogP contribution in [0.25, 0.3) is 17.1 Å². The van der Waals surface area contributed by atoms with Gasteiger partial charge in [0.25, 0.3) is 0 Å². The smallest absolute Gasteiger partial charge is 0.243 e. The molecule has 3 aromatic carbocycles. The molecule has 0 aliphatic heterocycles. The highest BCUT2D eigenvalue weighted by atomic mass is 32.2. The Hall–Kier alpha value is -3.87. The molecule has 0 aliphatic rings. The lowest BCUT2D eigenvalue weighted by molar-refractivity contribution is -0.113. The minimum absolute atomic E-state index is 0.0652. The number of anilines is 1. The molecule has 0 saturated carbocycles. The van der Waals surface area contributed by atoms with E-state index in [4.69, 9.17) is 9.47 Å². The number of benzene rings is 3. The summed E-state index contributed by atoms with van der Waals surface area (Å²) in [4.78, 5) is 12.9. The standard InChI is InChI=1S/C28H31N5O5S2/c1-5-32(6-2)40(35,36)25-15-7-10-20(16-25)27-30-31-28(33(27)22-12-9-14-24(18-22)38-4)39-19-26(34)29-21-11-8-13-23(17-21)37-3/h7-18H,5-6,19H2,1-4H3,(H,29,34). The van der Waals surface area contributed by atoms with Crippen LogP contribution >= 0.6 is 11.8 Å². The molecule has 210 valence electrons. The van der Waals surface area contributed by atoms with Gasteiger partial charge in [0.05, 0.1) is 30.6 Å². The summed E-state index contributed by atoms with van der Waals surface area (Å²) in [5, 5.41) is 12.1. The van der Waals surface area contributed by atoms with E-state index in [0.29, 0.717) is 52.5 Å². The number of ether oxygens (including phenoxy) is 2. The van der Waals surface area contributed by atoms with Crippen molar-refractivity contribution in [3.05, 3.63) is 72.8 Å². The summed E-state index contributed by atoms with van der Waals surface area (Å²) in [5.74, 6) is 1.53. The van der Waals surface area contributed by atoms with Gasteiger partial charge in [0, 0.05) is 36.5 Å². The van der Waals surface area contributed by atoms with Gasteiger partial charge in [0.1, 0.15) is 11.5 Å². The average molecular weight is 582 g/mol. The number of hydrogen-bond acceptors (Lipinski definition) is 8. The zero-order valence-corrected chi connectivity index (χ0v) is 24.3. The van der Waals surface area contributed by atoms with Crippen LogP contribution in [0, 0.1) is 0 Å². The Morgan fingerprint density at radius 1 is 0.925 bits per heavy atom. The van der Waals surface area contributed by atoms with Crippen LogP contribution in [-0.4, -0.2) is 66.5 Å². The largest absolute Gasteiger partial charge is 0.497 e. The predicted octanol–water partition coefficient (Wildman–Crippen LogP) is 4.71. The second-order valence-electron chi connectivity index (χ2n) is 8.53. The molecule has 4 aromatic rings. The molecule has 12 heteroatoms. The van der Waals surface area contributed by atoms with Crippen molar-refractivity contribution in [1.82, 2.24) is 19.1 Å². The van der Waals surface area contributed by atoms with Gasteiger partial charge in [-0.25, -0.2) is 8.42 Å². The van der Waals surface area contributed by atoms with E-state index in [9.17, 15) is 13.2 Å². The van der Waals surface area contributed by atoms with Crippen LogP contribution in [0.5, 0.6) is 11.5 Å². The van der Waals surface area contributed by atoms with E-state index in [1.807, 2.05) is 24.3 Å². The summed E-state index contributed by atoms with van der Waals surface area (Å²) in [6.07, 6.45) is 0. The molecule has 4 rings (SSSR count). The molecule has 0 aliphatic carbocycles. The second kappa shape index (κ2) is 13.0. The van der Waals surface area contributed by atoms with E-state index in [0.717, 1.165) is 0 Å². The molecule has 0 saturated heterocycles. The molecule has 1 aromatic heterocycles. The van der Waals surface area contributed by atoms with Gasteiger partial charge in [-0.05, 0) is 36.4 Å². The van der Waals surface area contributed by atoms with Crippen molar-refractivity contribution < 1.29 is 22.7 Å². The quantitative estimate of drug-likeness (QED) is 0.239. The number of hydrogen-bond donors (Lipinski definition) is 1. The molecule has 0 spiro atoms. The van der Waals surface area contributed by atoms with E-state index < -0.39 is 10.0 Å². The van der Waals surface area contributed by atoms with Crippen LogP contribution in [0.3, 0.4) is 0 Å². The van der Waals surface area contributed by atoms with Crippen LogP contribution in [0.15, 0.2) is 82.8 Å². The molecular weight excluding hydrogens is 550 g/mol. The zero-order valence-electron chi connectivity index (χ0n) is 22.7. The van der Waals surface area contributed by atoms with E-state index >= 15 is 0 Å². The van der Waals surface area contributed by atoms with Gasteiger partial charge >= 0.3 is 0 Å². The fourth-order valence-electron chi connectivity index (χ4n) is 4.07. The Kier molecular flexibility index (Phi) is 9.46.